The Morgan fingerprint density at radius 3 is 2.62 bits per heavy atom. The molecule has 0 amide bonds. The van der Waals surface area contributed by atoms with E-state index in [-0.39, 0.29) is 23.5 Å². The lowest BCUT2D eigenvalue weighted by molar-refractivity contribution is 0.563. The van der Waals surface area contributed by atoms with Crippen LogP contribution in [-0.4, -0.2) is 25.5 Å². The number of nitrogens with two attached hydrogens (primary N) is 1. The molecular formula is C7H15N3O2S. The molecule has 0 aromatic heterocycles. The molecule has 0 aliphatic heterocycles. The Balaban J connectivity index is 2.43. The molecule has 1 aliphatic carbocycles. The van der Waals surface area contributed by atoms with Gasteiger partial charge in [0.2, 0.25) is 10.0 Å². The largest absolute Gasteiger partial charge is 0.388 e. The average Bonchev–Trinajstić information content (AvgIpc) is 2.60. The SMILES string of the molecule is CC(CC(=N)N)NS(=O)(=O)C1CC1. The average molecular weight is 205 g/mol. The molecule has 6 heteroatoms. The van der Waals surface area contributed by atoms with Crippen LogP contribution in [0.15, 0.2) is 0 Å². The molecule has 1 unspecified atom stereocenters. The van der Waals surface area contributed by atoms with Gasteiger partial charge in [0.15, 0.2) is 0 Å². The van der Waals surface area contributed by atoms with Gasteiger partial charge in [0, 0.05) is 12.5 Å². The smallest absolute Gasteiger partial charge is 0.214 e. The van der Waals surface area contributed by atoms with Crippen molar-refractivity contribution in [3.63, 3.8) is 0 Å². The molecule has 0 spiro atoms. The Labute approximate surface area is 78.3 Å². The van der Waals surface area contributed by atoms with E-state index in [4.69, 9.17) is 11.1 Å². The second kappa shape index (κ2) is 3.63. The fourth-order valence-corrected chi connectivity index (χ4v) is 2.72. The fraction of sp³-hybridized carbons (Fsp3) is 0.857. The maximum Gasteiger partial charge on any atom is 0.214 e. The Morgan fingerprint density at radius 2 is 2.23 bits per heavy atom. The van der Waals surface area contributed by atoms with Crippen LogP contribution in [-0.2, 0) is 10.0 Å². The molecule has 1 atom stereocenters. The number of hydrogen-bond donors (Lipinski definition) is 3. The molecule has 1 aliphatic rings. The van der Waals surface area contributed by atoms with Crippen molar-refractivity contribution in [2.24, 2.45) is 5.73 Å². The zero-order valence-electron chi connectivity index (χ0n) is 7.58. The molecule has 0 saturated heterocycles. The Morgan fingerprint density at radius 1 is 1.69 bits per heavy atom. The van der Waals surface area contributed by atoms with Gasteiger partial charge in [0.05, 0.1) is 11.1 Å². The second-order valence-electron chi connectivity index (χ2n) is 3.49. The molecule has 0 aromatic rings. The Kier molecular flexibility index (Phi) is 2.92. The Bertz CT molecular complexity index is 295. The first kappa shape index (κ1) is 10.5. The summed E-state index contributed by atoms with van der Waals surface area (Å²) in [6.45, 7) is 1.71. The highest BCUT2D eigenvalue weighted by Crippen LogP contribution is 2.27. The van der Waals surface area contributed by atoms with Crippen molar-refractivity contribution in [1.82, 2.24) is 4.72 Å². The van der Waals surface area contributed by atoms with Crippen molar-refractivity contribution >= 4 is 15.9 Å². The lowest BCUT2D eigenvalue weighted by Crippen LogP contribution is -2.37. The van der Waals surface area contributed by atoms with Crippen LogP contribution in [0.2, 0.25) is 0 Å². The summed E-state index contributed by atoms with van der Waals surface area (Å²) in [5.74, 6) is 0.00555. The summed E-state index contributed by atoms with van der Waals surface area (Å²) in [4.78, 5) is 0. The molecular weight excluding hydrogens is 190 g/mol. The van der Waals surface area contributed by atoms with Crippen LogP contribution in [0.3, 0.4) is 0 Å². The summed E-state index contributed by atoms with van der Waals surface area (Å²) in [7, 11) is -3.13. The van der Waals surface area contributed by atoms with Crippen LogP contribution in [0, 0.1) is 5.41 Å². The molecule has 76 valence electrons. The van der Waals surface area contributed by atoms with Crippen LogP contribution in [0.1, 0.15) is 26.2 Å². The minimum Gasteiger partial charge on any atom is -0.388 e. The van der Waals surface area contributed by atoms with E-state index in [1.165, 1.54) is 0 Å². The van der Waals surface area contributed by atoms with Crippen LogP contribution >= 0.6 is 0 Å². The van der Waals surface area contributed by atoms with Gasteiger partial charge < -0.3 is 5.73 Å². The van der Waals surface area contributed by atoms with E-state index in [1.54, 1.807) is 6.92 Å². The van der Waals surface area contributed by atoms with E-state index >= 15 is 0 Å². The monoisotopic (exact) mass is 205 g/mol. The molecule has 5 nitrogen and oxygen atoms in total. The van der Waals surface area contributed by atoms with Gasteiger partial charge in [-0.1, -0.05) is 0 Å². The molecule has 0 radical (unpaired) electrons. The van der Waals surface area contributed by atoms with Crippen LogP contribution in [0.5, 0.6) is 0 Å². The predicted octanol–water partition coefficient (Wildman–Crippen LogP) is -0.217. The van der Waals surface area contributed by atoms with Gasteiger partial charge in [-0.05, 0) is 19.8 Å². The van der Waals surface area contributed by atoms with Crippen LogP contribution < -0.4 is 10.5 Å². The van der Waals surface area contributed by atoms with Gasteiger partial charge in [-0.2, -0.15) is 0 Å². The van der Waals surface area contributed by atoms with E-state index < -0.39 is 10.0 Å². The third-order valence-electron chi connectivity index (χ3n) is 1.85. The van der Waals surface area contributed by atoms with Gasteiger partial charge in [-0.25, -0.2) is 13.1 Å². The van der Waals surface area contributed by atoms with Crippen molar-refractivity contribution in [2.45, 2.75) is 37.5 Å². The first-order valence-corrected chi connectivity index (χ1v) is 5.80. The standard InChI is InChI=1S/C7H15N3O2S/c1-5(4-7(8)9)10-13(11,12)6-2-3-6/h5-6,10H,2-4H2,1H3,(H3,8,9). The van der Waals surface area contributed by atoms with Crippen molar-refractivity contribution in [1.29, 1.82) is 5.41 Å². The van der Waals surface area contributed by atoms with E-state index in [9.17, 15) is 8.42 Å². The number of amidine groups is 1. The van der Waals surface area contributed by atoms with Gasteiger partial charge in [0.25, 0.3) is 0 Å². The predicted molar refractivity (Wildman–Crippen MR) is 51.1 cm³/mol. The molecule has 0 heterocycles. The van der Waals surface area contributed by atoms with Gasteiger partial charge in [-0.15, -0.1) is 0 Å². The number of sulfonamides is 1. The van der Waals surface area contributed by atoms with Gasteiger partial charge in [0.1, 0.15) is 0 Å². The summed E-state index contributed by atoms with van der Waals surface area (Å²) < 4.78 is 25.2. The molecule has 1 rings (SSSR count). The molecule has 1 saturated carbocycles. The van der Waals surface area contributed by atoms with Crippen molar-refractivity contribution in [3.8, 4) is 0 Å². The lowest BCUT2D eigenvalue weighted by atomic mass is 10.2. The van der Waals surface area contributed by atoms with Crippen molar-refractivity contribution in [2.75, 3.05) is 0 Å². The number of hydrogen-bond acceptors (Lipinski definition) is 3. The highest BCUT2D eigenvalue weighted by Gasteiger charge is 2.36. The summed E-state index contributed by atoms with van der Waals surface area (Å²) >= 11 is 0. The van der Waals surface area contributed by atoms with E-state index in [1.807, 2.05) is 0 Å². The van der Waals surface area contributed by atoms with E-state index in [2.05, 4.69) is 4.72 Å². The molecule has 13 heavy (non-hydrogen) atoms. The number of rotatable bonds is 5. The first-order chi connectivity index (χ1) is 5.92. The minimum absolute atomic E-state index is 0.00555. The van der Waals surface area contributed by atoms with Crippen molar-refractivity contribution < 1.29 is 8.42 Å². The second-order valence-corrected chi connectivity index (χ2v) is 5.49. The summed E-state index contributed by atoms with van der Waals surface area (Å²) in [6.07, 6.45) is 1.77. The highest BCUT2D eigenvalue weighted by atomic mass is 32.2. The van der Waals surface area contributed by atoms with E-state index in [0.717, 1.165) is 12.8 Å². The summed E-state index contributed by atoms with van der Waals surface area (Å²) in [5, 5.41) is 6.79. The molecule has 0 aromatic carbocycles. The maximum absolute atomic E-state index is 11.4. The summed E-state index contributed by atoms with van der Waals surface area (Å²) in [5.41, 5.74) is 5.15. The molecule has 1 fully saturated rings. The zero-order chi connectivity index (χ0) is 10.1. The highest BCUT2D eigenvalue weighted by molar-refractivity contribution is 7.90. The van der Waals surface area contributed by atoms with Crippen LogP contribution in [0.25, 0.3) is 0 Å². The third-order valence-corrected chi connectivity index (χ3v) is 3.93. The molecule has 4 N–H and O–H groups in total. The fourth-order valence-electron chi connectivity index (χ4n) is 1.13. The topological polar surface area (TPSA) is 96.0 Å². The van der Waals surface area contributed by atoms with Gasteiger partial charge >= 0.3 is 0 Å². The quantitative estimate of drug-likeness (QED) is 0.428. The first-order valence-electron chi connectivity index (χ1n) is 4.26. The minimum atomic E-state index is -3.13. The summed E-state index contributed by atoms with van der Waals surface area (Å²) in [6, 6.07) is -0.275. The zero-order valence-corrected chi connectivity index (χ0v) is 8.39. The van der Waals surface area contributed by atoms with Gasteiger partial charge in [-0.3, -0.25) is 5.41 Å². The van der Waals surface area contributed by atoms with Crippen LogP contribution in [0.4, 0.5) is 0 Å². The third kappa shape index (κ3) is 3.31. The van der Waals surface area contributed by atoms with Crippen molar-refractivity contribution in [3.05, 3.63) is 0 Å². The van der Waals surface area contributed by atoms with E-state index in [0.29, 0.717) is 0 Å². The Hall–Kier alpha value is -0.620. The normalized spacial score (nSPS) is 19.8. The lowest BCUT2D eigenvalue weighted by Gasteiger charge is -2.12. The number of nitrogens with one attached hydrogen (secondary N) is 2. The molecule has 0 bridgehead atoms. The maximum atomic E-state index is 11.4.